The fraction of sp³-hybridized carbons (Fsp3) is 0.286. The molecule has 7 heteroatoms. The largest absolute Gasteiger partial charge is 0.493 e. The van der Waals surface area contributed by atoms with Crippen molar-refractivity contribution in [1.82, 2.24) is 10.2 Å². The zero-order valence-corrected chi connectivity index (χ0v) is 21.8. The first-order valence-corrected chi connectivity index (χ1v) is 12.3. The van der Waals surface area contributed by atoms with Crippen molar-refractivity contribution in [2.45, 2.75) is 38.9 Å². The van der Waals surface area contributed by atoms with Crippen LogP contribution in [0.25, 0.3) is 0 Å². The van der Waals surface area contributed by atoms with Crippen molar-refractivity contribution in [1.29, 1.82) is 0 Å². The van der Waals surface area contributed by atoms with E-state index >= 15 is 0 Å². The number of methoxy groups -OCH3 is 1. The maximum atomic E-state index is 13.6. The lowest BCUT2D eigenvalue weighted by molar-refractivity contribution is -0.143. The van der Waals surface area contributed by atoms with Crippen LogP contribution in [0.15, 0.2) is 83.3 Å². The molecule has 0 aliphatic carbocycles. The first-order chi connectivity index (χ1) is 16.9. The van der Waals surface area contributed by atoms with Gasteiger partial charge in [-0.2, -0.15) is 0 Å². The topological polar surface area (TPSA) is 67.9 Å². The molecule has 1 N–H and O–H groups in total. The Morgan fingerprint density at radius 3 is 2.23 bits per heavy atom. The van der Waals surface area contributed by atoms with Gasteiger partial charge in [0, 0.05) is 23.5 Å². The van der Waals surface area contributed by atoms with E-state index in [1.165, 1.54) is 0 Å². The molecule has 0 heterocycles. The van der Waals surface area contributed by atoms with Crippen LogP contribution in [0.5, 0.6) is 11.5 Å². The van der Waals surface area contributed by atoms with E-state index in [9.17, 15) is 9.59 Å². The average Bonchev–Trinajstić information content (AvgIpc) is 2.85. The van der Waals surface area contributed by atoms with Gasteiger partial charge in [-0.3, -0.25) is 9.59 Å². The van der Waals surface area contributed by atoms with Crippen LogP contribution < -0.4 is 14.8 Å². The molecule has 0 saturated heterocycles. The molecule has 3 aromatic rings. The first-order valence-electron chi connectivity index (χ1n) is 11.5. The standard InChI is InChI=1S/C28H31BrN2O4/c1-20(2)30-28(33)24(17-21-10-5-4-6-11-21)31(18-22-12-9-13-23(29)16-22)27(32)19-35-26-15-8-7-14-25(26)34-3/h4-16,20,24H,17-19H2,1-3H3,(H,30,33)/t24-/m0/s1. The van der Waals surface area contributed by atoms with Crippen molar-refractivity contribution < 1.29 is 19.1 Å². The van der Waals surface area contributed by atoms with Crippen molar-refractivity contribution in [3.05, 3.63) is 94.5 Å². The van der Waals surface area contributed by atoms with E-state index in [1.54, 1.807) is 24.1 Å². The zero-order chi connectivity index (χ0) is 25.2. The highest BCUT2D eigenvalue weighted by atomic mass is 79.9. The highest BCUT2D eigenvalue weighted by molar-refractivity contribution is 9.10. The van der Waals surface area contributed by atoms with Gasteiger partial charge in [0.2, 0.25) is 5.91 Å². The Labute approximate surface area is 215 Å². The van der Waals surface area contributed by atoms with Crippen LogP contribution in [0.1, 0.15) is 25.0 Å². The van der Waals surface area contributed by atoms with Crippen molar-refractivity contribution in [3.63, 3.8) is 0 Å². The number of hydrogen-bond acceptors (Lipinski definition) is 4. The fourth-order valence-corrected chi connectivity index (χ4v) is 4.17. The smallest absolute Gasteiger partial charge is 0.261 e. The number of carbonyl (C=O) groups is 2. The van der Waals surface area contributed by atoms with E-state index in [-0.39, 0.29) is 31.0 Å². The molecule has 0 radical (unpaired) electrons. The van der Waals surface area contributed by atoms with Gasteiger partial charge in [-0.05, 0) is 49.2 Å². The molecular formula is C28H31BrN2O4. The van der Waals surface area contributed by atoms with Gasteiger partial charge in [0.05, 0.1) is 7.11 Å². The van der Waals surface area contributed by atoms with E-state index in [2.05, 4.69) is 21.2 Å². The van der Waals surface area contributed by atoms with Gasteiger partial charge >= 0.3 is 0 Å². The van der Waals surface area contributed by atoms with Crippen LogP contribution in [-0.2, 0) is 22.6 Å². The molecule has 0 saturated carbocycles. The number of halogens is 1. The molecule has 0 unspecified atom stereocenters. The third-order valence-electron chi connectivity index (χ3n) is 5.36. The summed E-state index contributed by atoms with van der Waals surface area (Å²) in [7, 11) is 1.55. The third kappa shape index (κ3) is 7.86. The molecule has 6 nitrogen and oxygen atoms in total. The molecule has 184 valence electrons. The number of nitrogens with one attached hydrogen (secondary N) is 1. The summed E-state index contributed by atoms with van der Waals surface area (Å²) >= 11 is 3.50. The Kier molecular flexibility index (Phi) is 9.73. The van der Waals surface area contributed by atoms with Crippen molar-refractivity contribution in [3.8, 4) is 11.5 Å². The lowest BCUT2D eigenvalue weighted by atomic mass is 10.0. The van der Waals surface area contributed by atoms with E-state index in [1.807, 2.05) is 80.6 Å². The summed E-state index contributed by atoms with van der Waals surface area (Å²) in [5.41, 5.74) is 1.87. The number of rotatable bonds is 11. The molecule has 2 amide bonds. The Balaban J connectivity index is 1.92. The quantitative estimate of drug-likeness (QED) is 0.373. The number of para-hydroxylation sites is 2. The summed E-state index contributed by atoms with van der Waals surface area (Å²) in [4.78, 5) is 28.6. The second-order valence-electron chi connectivity index (χ2n) is 8.46. The summed E-state index contributed by atoms with van der Waals surface area (Å²) in [6, 6.07) is 23.8. The number of ether oxygens (including phenoxy) is 2. The zero-order valence-electron chi connectivity index (χ0n) is 20.2. The molecule has 0 spiro atoms. The van der Waals surface area contributed by atoms with Gasteiger partial charge in [0.15, 0.2) is 18.1 Å². The molecule has 0 aliphatic rings. The van der Waals surface area contributed by atoms with E-state index in [0.717, 1.165) is 15.6 Å². The number of benzene rings is 3. The SMILES string of the molecule is COc1ccccc1OCC(=O)N(Cc1cccc(Br)c1)[C@@H](Cc1ccccc1)C(=O)NC(C)C. The Morgan fingerprint density at radius 2 is 1.57 bits per heavy atom. The summed E-state index contributed by atoms with van der Waals surface area (Å²) in [6.45, 7) is 3.84. The van der Waals surface area contributed by atoms with Gasteiger partial charge in [-0.1, -0.05) is 70.5 Å². The molecule has 0 aromatic heterocycles. The fourth-order valence-electron chi connectivity index (χ4n) is 3.73. The van der Waals surface area contributed by atoms with Gasteiger partial charge < -0.3 is 19.7 Å². The van der Waals surface area contributed by atoms with Crippen LogP contribution in [0.2, 0.25) is 0 Å². The van der Waals surface area contributed by atoms with Gasteiger partial charge in [0.25, 0.3) is 5.91 Å². The Bertz CT molecular complexity index is 1120. The van der Waals surface area contributed by atoms with Gasteiger partial charge in [-0.15, -0.1) is 0 Å². The van der Waals surface area contributed by atoms with E-state index in [0.29, 0.717) is 17.9 Å². The van der Waals surface area contributed by atoms with Crippen LogP contribution in [0.4, 0.5) is 0 Å². The van der Waals surface area contributed by atoms with Crippen molar-refractivity contribution in [2.24, 2.45) is 0 Å². The minimum atomic E-state index is -0.715. The molecule has 3 rings (SSSR count). The molecule has 0 fully saturated rings. The number of hydrogen-bond donors (Lipinski definition) is 1. The van der Waals surface area contributed by atoms with Crippen LogP contribution in [-0.4, -0.2) is 42.5 Å². The summed E-state index contributed by atoms with van der Waals surface area (Å²) in [5, 5.41) is 2.98. The van der Waals surface area contributed by atoms with Gasteiger partial charge in [0.1, 0.15) is 6.04 Å². The normalized spacial score (nSPS) is 11.6. The first kappa shape index (κ1) is 26.3. The highest BCUT2D eigenvalue weighted by Crippen LogP contribution is 2.26. The molecule has 35 heavy (non-hydrogen) atoms. The minimum absolute atomic E-state index is 0.0616. The lowest BCUT2D eigenvalue weighted by Crippen LogP contribution is -2.52. The van der Waals surface area contributed by atoms with Crippen LogP contribution in [0, 0.1) is 0 Å². The maximum absolute atomic E-state index is 13.6. The molecule has 0 bridgehead atoms. The lowest BCUT2D eigenvalue weighted by Gasteiger charge is -2.32. The molecule has 0 aliphatic heterocycles. The Morgan fingerprint density at radius 1 is 0.914 bits per heavy atom. The number of carbonyl (C=O) groups excluding carboxylic acids is 2. The Hall–Kier alpha value is -3.32. The number of nitrogens with zero attached hydrogens (tertiary/aromatic N) is 1. The second-order valence-corrected chi connectivity index (χ2v) is 9.38. The van der Waals surface area contributed by atoms with Crippen LogP contribution >= 0.6 is 15.9 Å². The van der Waals surface area contributed by atoms with Crippen molar-refractivity contribution in [2.75, 3.05) is 13.7 Å². The highest BCUT2D eigenvalue weighted by Gasteiger charge is 2.31. The van der Waals surface area contributed by atoms with E-state index < -0.39 is 6.04 Å². The van der Waals surface area contributed by atoms with E-state index in [4.69, 9.17) is 9.47 Å². The predicted molar refractivity (Wildman–Crippen MR) is 140 cm³/mol. The average molecular weight is 539 g/mol. The predicted octanol–water partition coefficient (Wildman–Crippen LogP) is 5.00. The number of amides is 2. The van der Waals surface area contributed by atoms with Crippen molar-refractivity contribution >= 4 is 27.7 Å². The summed E-state index contributed by atoms with van der Waals surface area (Å²) in [5.74, 6) is 0.509. The second kappa shape index (κ2) is 13.0. The summed E-state index contributed by atoms with van der Waals surface area (Å²) in [6.07, 6.45) is 0.383. The maximum Gasteiger partial charge on any atom is 0.261 e. The monoisotopic (exact) mass is 538 g/mol. The molecule has 1 atom stereocenters. The molecular weight excluding hydrogens is 508 g/mol. The van der Waals surface area contributed by atoms with Crippen LogP contribution in [0.3, 0.4) is 0 Å². The molecule has 3 aromatic carbocycles. The minimum Gasteiger partial charge on any atom is -0.493 e. The van der Waals surface area contributed by atoms with Gasteiger partial charge in [-0.25, -0.2) is 0 Å². The third-order valence-corrected chi connectivity index (χ3v) is 5.86. The summed E-state index contributed by atoms with van der Waals surface area (Å²) < 4.78 is 12.1.